The van der Waals surface area contributed by atoms with Crippen molar-refractivity contribution >= 4 is 10.0 Å². The van der Waals surface area contributed by atoms with Crippen molar-refractivity contribution in [2.24, 2.45) is 0 Å². The van der Waals surface area contributed by atoms with E-state index in [-0.39, 0.29) is 11.4 Å². The molecule has 0 bridgehead atoms. The van der Waals surface area contributed by atoms with Crippen LogP contribution >= 0.6 is 0 Å². The highest BCUT2D eigenvalue weighted by atomic mass is 32.2. The second-order valence-corrected chi connectivity index (χ2v) is 10.9. The Morgan fingerprint density at radius 3 is 1.60 bits per heavy atom. The van der Waals surface area contributed by atoms with Gasteiger partial charge in [-0.05, 0) is 53.1 Å². The highest BCUT2D eigenvalue weighted by Gasteiger charge is 2.31. The summed E-state index contributed by atoms with van der Waals surface area (Å²) in [6.45, 7) is -0.0271. The molecule has 0 N–H and O–H groups in total. The van der Waals surface area contributed by atoms with E-state index in [0.717, 1.165) is 27.8 Å². The predicted molar refractivity (Wildman–Crippen MR) is 162 cm³/mol. The molecule has 1 unspecified atom stereocenters. The molecule has 0 saturated carbocycles. The topological polar surface area (TPSA) is 37.4 Å². The summed E-state index contributed by atoms with van der Waals surface area (Å²) in [7, 11) is -3.94. The number of hydrogen-bond donors (Lipinski definition) is 0. The minimum absolute atomic E-state index is 0.0271. The van der Waals surface area contributed by atoms with E-state index in [1.165, 1.54) is 4.31 Å². The van der Waals surface area contributed by atoms with Crippen LogP contribution in [0.15, 0.2) is 150 Å². The van der Waals surface area contributed by atoms with E-state index in [1.54, 1.807) is 30.3 Å². The smallest absolute Gasteiger partial charge is 0.207 e. The lowest BCUT2D eigenvalue weighted by atomic mass is 10.0. The van der Waals surface area contributed by atoms with Crippen molar-refractivity contribution in [3.63, 3.8) is 0 Å². The maximum atomic E-state index is 14.1. The van der Waals surface area contributed by atoms with Crippen LogP contribution in [0.3, 0.4) is 0 Å². The Hall–Kier alpha value is -4.87. The number of rotatable bonds is 6. The lowest BCUT2D eigenvalue weighted by molar-refractivity contribution is 0.410. The lowest BCUT2D eigenvalue weighted by Gasteiger charge is -2.26. The Morgan fingerprint density at radius 1 is 0.550 bits per heavy atom. The Balaban J connectivity index is 1.61. The maximum Gasteiger partial charge on any atom is 0.245 e. The highest BCUT2D eigenvalue weighted by molar-refractivity contribution is 7.89. The largest absolute Gasteiger partial charge is 0.245 e. The summed E-state index contributed by atoms with van der Waals surface area (Å²) in [6.07, 6.45) is 0. The van der Waals surface area contributed by atoms with Crippen molar-refractivity contribution in [1.29, 1.82) is 0 Å². The zero-order chi connectivity index (χ0) is 27.6. The van der Waals surface area contributed by atoms with Gasteiger partial charge in [0.1, 0.15) is 6.04 Å². The van der Waals surface area contributed by atoms with Gasteiger partial charge < -0.3 is 0 Å². The minimum Gasteiger partial charge on any atom is -0.207 e. The lowest BCUT2D eigenvalue weighted by Crippen LogP contribution is -2.35. The molecule has 5 rings (SSSR count). The first kappa shape index (κ1) is 26.7. The second kappa shape index (κ2) is 12.8. The number of sulfonamides is 1. The third-order valence-electron chi connectivity index (χ3n) is 6.34. The standard InChI is InChI=1S/C36H27NO2S/c38-40(39,35-21-11-4-12-22-35)37(29-13-18-30-14-5-1-6-15-30)36(28-23-31-16-7-2-8-17-31)34-26-24-33(25-27-34)32-19-9-3-10-20-32/h1-12,14-17,19-22,24-27,36H,29H2. The van der Waals surface area contributed by atoms with Crippen molar-refractivity contribution in [3.8, 4) is 34.8 Å². The third kappa shape index (κ3) is 6.57. The normalized spacial score (nSPS) is 11.5. The van der Waals surface area contributed by atoms with Gasteiger partial charge in [0, 0.05) is 11.1 Å². The van der Waals surface area contributed by atoms with Crippen molar-refractivity contribution < 1.29 is 8.42 Å². The summed E-state index contributed by atoms with van der Waals surface area (Å²) >= 11 is 0. The first-order chi connectivity index (χ1) is 19.6. The zero-order valence-electron chi connectivity index (χ0n) is 21.8. The number of benzene rings is 5. The number of hydrogen-bond acceptors (Lipinski definition) is 2. The molecule has 0 saturated heterocycles. The van der Waals surface area contributed by atoms with Crippen LogP contribution in [0.25, 0.3) is 11.1 Å². The predicted octanol–water partition coefficient (Wildman–Crippen LogP) is 7.19. The molecule has 0 heterocycles. The molecule has 5 aromatic carbocycles. The fourth-order valence-corrected chi connectivity index (χ4v) is 5.73. The molecule has 0 aliphatic rings. The quantitative estimate of drug-likeness (QED) is 0.215. The summed E-state index contributed by atoms with van der Waals surface area (Å²) in [5.74, 6) is 12.7. The van der Waals surface area contributed by atoms with Gasteiger partial charge in [0.15, 0.2) is 0 Å². The van der Waals surface area contributed by atoms with Crippen LogP contribution in [0.1, 0.15) is 22.7 Å². The third-order valence-corrected chi connectivity index (χ3v) is 8.17. The summed E-state index contributed by atoms with van der Waals surface area (Å²) in [6, 6.07) is 44.8. The highest BCUT2D eigenvalue weighted by Crippen LogP contribution is 2.29. The van der Waals surface area contributed by atoms with Gasteiger partial charge in [0.2, 0.25) is 10.0 Å². The molecule has 0 radical (unpaired) electrons. The van der Waals surface area contributed by atoms with Gasteiger partial charge in [0.05, 0.1) is 11.4 Å². The Morgan fingerprint density at radius 2 is 1.02 bits per heavy atom. The molecule has 3 nitrogen and oxygen atoms in total. The van der Waals surface area contributed by atoms with E-state index in [1.807, 2.05) is 115 Å². The first-order valence-electron chi connectivity index (χ1n) is 12.9. The molecule has 1 atom stereocenters. The molecular weight excluding hydrogens is 510 g/mol. The van der Waals surface area contributed by atoms with Crippen LogP contribution in [0.4, 0.5) is 0 Å². The summed E-state index contributed by atoms with van der Waals surface area (Å²) in [5, 5.41) is 0. The van der Waals surface area contributed by atoms with Gasteiger partial charge in [-0.15, -0.1) is 0 Å². The van der Waals surface area contributed by atoms with Crippen molar-refractivity contribution in [3.05, 3.63) is 162 Å². The molecular formula is C36H27NO2S. The fraction of sp³-hybridized carbons (Fsp3) is 0.0556. The molecule has 0 fully saturated rings. The SMILES string of the molecule is O=S(=O)(c1ccccc1)N(CC#Cc1ccccc1)C(C#Cc1ccccc1)c1ccc(-c2ccccc2)cc1. The van der Waals surface area contributed by atoms with Crippen LogP contribution in [0, 0.1) is 23.7 Å². The van der Waals surface area contributed by atoms with Crippen LogP contribution in [0.5, 0.6) is 0 Å². The summed E-state index contributed by atoms with van der Waals surface area (Å²) < 4.78 is 29.6. The van der Waals surface area contributed by atoms with E-state index in [9.17, 15) is 8.42 Å². The first-order valence-corrected chi connectivity index (χ1v) is 14.4. The van der Waals surface area contributed by atoms with E-state index in [4.69, 9.17) is 0 Å². The average Bonchev–Trinajstić information content (AvgIpc) is 3.02. The molecule has 40 heavy (non-hydrogen) atoms. The van der Waals surface area contributed by atoms with Gasteiger partial charge in [-0.3, -0.25) is 0 Å². The maximum absolute atomic E-state index is 14.1. The molecule has 0 aliphatic heterocycles. The molecule has 0 amide bonds. The molecule has 194 valence electrons. The molecule has 0 aromatic heterocycles. The van der Waals surface area contributed by atoms with E-state index >= 15 is 0 Å². The van der Waals surface area contributed by atoms with Gasteiger partial charge in [-0.1, -0.05) is 133 Å². The van der Waals surface area contributed by atoms with E-state index in [2.05, 4.69) is 23.7 Å². The zero-order valence-corrected chi connectivity index (χ0v) is 22.6. The second-order valence-electron chi connectivity index (χ2n) is 9.06. The van der Waals surface area contributed by atoms with Gasteiger partial charge in [-0.2, -0.15) is 4.31 Å². The van der Waals surface area contributed by atoms with E-state index in [0.29, 0.717) is 0 Å². The van der Waals surface area contributed by atoms with Crippen molar-refractivity contribution in [2.75, 3.05) is 6.54 Å². The monoisotopic (exact) mass is 537 g/mol. The fourth-order valence-electron chi connectivity index (χ4n) is 4.27. The van der Waals surface area contributed by atoms with Crippen LogP contribution in [0.2, 0.25) is 0 Å². The Bertz CT molecular complexity index is 1760. The van der Waals surface area contributed by atoms with Crippen LogP contribution in [-0.4, -0.2) is 19.3 Å². The van der Waals surface area contributed by atoms with Gasteiger partial charge in [-0.25, -0.2) is 8.42 Å². The van der Waals surface area contributed by atoms with E-state index < -0.39 is 16.1 Å². The summed E-state index contributed by atoms with van der Waals surface area (Å²) in [4.78, 5) is 0.198. The molecule has 5 aromatic rings. The Labute approximate surface area is 236 Å². The van der Waals surface area contributed by atoms with Crippen molar-refractivity contribution in [1.82, 2.24) is 4.31 Å². The molecule has 0 aliphatic carbocycles. The van der Waals surface area contributed by atoms with Crippen molar-refractivity contribution in [2.45, 2.75) is 10.9 Å². The summed E-state index contributed by atoms with van der Waals surface area (Å²) in [5.41, 5.74) is 4.52. The Kier molecular flexibility index (Phi) is 8.54. The van der Waals surface area contributed by atoms with Crippen LogP contribution < -0.4 is 0 Å². The minimum atomic E-state index is -3.94. The van der Waals surface area contributed by atoms with Gasteiger partial charge in [0.25, 0.3) is 0 Å². The molecule has 0 spiro atoms. The molecule has 4 heteroatoms. The van der Waals surface area contributed by atoms with Gasteiger partial charge >= 0.3 is 0 Å². The number of nitrogens with zero attached hydrogens (tertiary/aromatic N) is 1. The average molecular weight is 538 g/mol. The van der Waals surface area contributed by atoms with Crippen LogP contribution in [-0.2, 0) is 10.0 Å².